The lowest BCUT2D eigenvalue weighted by Crippen LogP contribution is -2.48. The molecule has 2 aliphatic heterocycles. The maximum atomic E-state index is 13.5. The van der Waals surface area contributed by atoms with E-state index in [1.54, 1.807) is 36.4 Å². The predicted octanol–water partition coefficient (Wildman–Crippen LogP) is 3.32. The highest BCUT2D eigenvalue weighted by atomic mass is 32.2. The van der Waals surface area contributed by atoms with Crippen LogP contribution >= 0.6 is 0 Å². The van der Waals surface area contributed by atoms with E-state index in [2.05, 4.69) is 5.32 Å². The monoisotopic (exact) mass is 503 g/mol. The fraction of sp³-hybridized carbons (Fsp3) is 0.222. The molecule has 1 saturated heterocycles. The molecule has 1 fully saturated rings. The number of hydrogen-bond donors (Lipinski definition) is 1. The summed E-state index contributed by atoms with van der Waals surface area (Å²) in [5.41, 5.74) is 1.56. The molecule has 2 aliphatic rings. The first-order chi connectivity index (χ1) is 17.4. The van der Waals surface area contributed by atoms with E-state index in [9.17, 15) is 22.8 Å². The average Bonchev–Trinajstić information content (AvgIpc) is 3.52. The van der Waals surface area contributed by atoms with Crippen molar-refractivity contribution in [2.24, 2.45) is 0 Å². The number of fused-ring (bicyclic) bond motifs is 1. The lowest BCUT2D eigenvalue weighted by Gasteiger charge is -2.25. The van der Waals surface area contributed by atoms with E-state index in [1.807, 2.05) is 30.3 Å². The van der Waals surface area contributed by atoms with E-state index in [0.717, 1.165) is 23.3 Å². The Bertz CT molecular complexity index is 1400. The Kier molecular flexibility index (Phi) is 6.42. The molecule has 3 aromatic carbocycles. The molecule has 1 N–H and O–H groups in total. The third-order valence-corrected chi connectivity index (χ3v) is 8.41. The van der Waals surface area contributed by atoms with Gasteiger partial charge in [0.15, 0.2) is 0 Å². The van der Waals surface area contributed by atoms with Crippen molar-refractivity contribution in [3.63, 3.8) is 0 Å². The van der Waals surface area contributed by atoms with E-state index in [-0.39, 0.29) is 28.1 Å². The maximum Gasteiger partial charge on any atom is 0.262 e. The van der Waals surface area contributed by atoms with Crippen LogP contribution in [0.5, 0.6) is 0 Å². The Morgan fingerprint density at radius 2 is 1.44 bits per heavy atom. The lowest BCUT2D eigenvalue weighted by molar-refractivity contribution is -0.119. The molecule has 1 unspecified atom stereocenters. The Labute approximate surface area is 209 Å². The van der Waals surface area contributed by atoms with Gasteiger partial charge in [0.2, 0.25) is 15.9 Å². The molecule has 3 amide bonds. The molecule has 1 atom stereocenters. The zero-order chi connectivity index (χ0) is 25.3. The Balaban J connectivity index is 1.44. The molecule has 2 heterocycles. The van der Waals surface area contributed by atoms with Crippen molar-refractivity contribution in [2.75, 3.05) is 18.4 Å². The number of amides is 3. The molecule has 36 heavy (non-hydrogen) atoms. The molecular formula is C27H25N3O5S. The number of anilines is 1. The second kappa shape index (κ2) is 9.67. The first-order valence-electron chi connectivity index (χ1n) is 11.8. The number of nitrogens with one attached hydrogen (secondary N) is 1. The van der Waals surface area contributed by atoms with Gasteiger partial charge in [-0.15, -0.1) is 0 Å². The molecule has 0 saturated carbocycles. The highest BCUT2D eigenvalue weighted by molar-refractivity contribution is 7.89. The van der Waals surface area contributed by atoms with Gasteiger partial charge in [-0.05, 0) is 48.7 Å². The van der Waals surface area contributed by atoms with E-state index < -0.39 is 33.8 Å². The number of sulfonamides is 1. The molecule has 9 heteroatoms. The van der Waals surface area contributed by atoms with Crippen molar-refractivity contribution in [3.8, 4) is 0 Å². The Hall–Kier alpha value is -3.82. The topological polar surface area (TPSA) is 104 Å². The molecule has 0 aliphatic carbocycles. The summed E-state index contributed by atoms with van der Waals surface area (Å²) in [4.78, 5) is 41.0. The minimum Gasteiger partial charge on any atom is -0.324 e. The molecule has 0 radical (unpaired) electrons. The third-order valence-electron chi connectivity index (χ3n) is 6.52. The molecular weight excluding hydrogens is 478 g/mol. The van der Waals surface area contributed by atoms with Gasteiger partial charge in [0.05, 0.1) is 16.0 Å². The van der Waals surface area contributed by atoms with Crippen LogP contribution in [0.25, 0.3) is 0 Å². The predicted molar refractivity (Wildman–Crippen MR) is 134 cm³/mol. The van der Waals surface area contributed by atoms with Gasteiger partial charge in [0.25, 0.3) is 11.8 Å². The summed E-state index contributed by atoms with van der Waals surface area (Å²) < 4.78 is 27.4. The molecule has 0 aromatic heterocycles. The molecule has 8 nitrogen and oxygen atoms in total. The quantitative estimate of drug-likeness (QED) is 0.498. The standard InChI is InChI=1S/C27H25N3O5S/c31-25(28-20-11-8-12-21(18-20)36(34,35)29-15-6-7-16-29)24(17-19-9-2-1-3-10-19)30-26(32)22-13-4-5-14-23(22)27(30)33/h1-5,8-14,18,24H,6-7,15-17H2,(H,28,31). The van der Waals surface area contributed by atoms with E-state index in [0.29, 0.717) is 13.1 Å². The van der Waals surface area contributed by atoms with Gasteiger partial charge >= 0.3 is 0 Å². The van der Waals surface area contributed by atoms with Gasteiger partial charge in [-0.3, -0.25) is 19.3 Å². The summed E-state index contributed by atoms with van der Waals surface area (Å²) in [5, 5.41) is 2.74. The van der Waals surface area contributed by atoms with Crippen LogP contribution in [0, 0.1) is 0 Å². The van der Waals surface area contributed by atoms with Gasteiger partial charge in [-0.1, -0.05) is 48.5 Å². The van der Waals surface area contributed by atoms with Crippen LogP contribution in [0.15, 0.2) is 83.8 Å². The van der Waals surface area contributed by atoms with Crippen LogP contribution in [-0.2, 0) is 21.2 Å². The zero-order valence-electron chi connectivity index (χ0n) is 19.5. The van der Waals surface area contributed by atoms with Crippen molar-refractivity contribution in [2.45, 2.75) is 30.2 Å². The van der Waals surface area contributed by atoms with Crippen molar-refractivity contribution in [1.29, 1.82) is 0 Å². The van der Waals surface area contributed by atoms with Crippen LogP contribution in [0.2, 0.25) is 0 Å². The molecule has 3 aromatic rings. The van der Waals surface area contributed by atoms with Crippen LogP contribution in [0.1, 0.15) is 39.1 Å². The highest BCUT2D eigenvalue weighted by Gasteiger charge is 2.42. The normalized spacial score (nSPS) is 16.7. The van der Waals surface area contributed by atoms with Gasteiger partial charge in [-0.25, -0.2) is 8.42 Å². The smallest absolute Gasteiger partial charge is 0.262 e. The van der Waals surface area contributed by atoms with Crippen LogP contribution in [0.4, 0.5) is 5.69 Å². The van der Waals surface area contributed by atoms with Crippen LogP contribution < -0.4 is 5.32 Å². The van der Waals surface area contributed by atoms with Crippen molar-refractivity contribution >= 4 is 33.4 Å². The summed E-state index contributed by atoms with van der Waals surface area (Å²) >= 11 is 0. The fourth-order valence-corrected chi connectivity index (χ4v) is 6.23. The number of nitrogens with zero attached hydrogens (tertiary/aromatic N) is 2. The Morgan fingerprint density at radius 3 is 2.08 bits per heavy atom. The summed E-state index contributed by atoms with van der Waals surface area (Å²) in [6.45, 7) is 0.940. The summed E-state index contributed by atoms with van der Waals surface area (Å²) in [7, 11) is -3.67. The first kappa shape index (κ1) is 23.9. The molecule has 184 valence electrons. The van der Waals surface area contributed by atoms with E-state index in [1.165, 1.54) is 16.4 Å². The number of hydrogen-bond acceptors (Lipinski definition) is 5. The number of rotatable bonds is 7. The average molecular weight is 504 g/mol. The van der Waals surface area contributed by atoms with Crippen molar-refractivity contribution in [3.05, 3.63) is 95.6 Å². The van der Waals surface area contributed by atoms with Gasteiger partial charge in [-0.2, -0.15) is 4.31 Å². The highest BCUT2D eigenvalue weighted by Crippen LogP contribution is 2.28. The third kappa shape index (κ3) is 4.43. The van der Waals surface area contributed by atoms with E-state index in [4.69, 9.17) is 0 Å². The first-order valence-corrected chi connectivity index (χ1v) is 13.2. The summed E-state index contributed by atoms with van der Waals surface area (Å²) in [6, 6.07) is 20.5. The summed E-state index contributed by atoms with van der Waals surface area (Å²) in [6.07, 6.45) is 1.75. The number of benzene rings is 3. The number of imide groups is 1. The maximum absolute atomic E-state index is 13.5. The number of carbonyl (C=O) groups is 3. The number of carbonyl (C=O) groups excluding carboxylic acids is 3. The second-order valence-corrected chi connectivity index (χ2v) is 10.8. The minimum absolute atomic E-state index is 0.0857. The van der Waals surface area contributed by atoms with Gasteiger partial charge in [0, 0.05) is 25.2 Å². The van der Waals surface area contributed by atoms with Crippen LogP contribution in [-0.4, -0.2) is 54.5 Å². The van der Waals surface area contributed by atoms with E-state index >= 15 is 0 Å². The molecule has 0 bridgehead atoms. The fourth-order valence-electron chi connectivity index (χ4n) is 4.67. The van der Waals surface area contributed by atoms with Crippen LogP contribution in [0.3, 0.4) is 0 Å². The SMILES string of the molecule is O=C(Nc1cccc(S(=O)(=O)N2CCCC2)c1)C(Cc1ccccc1)N1C(=O)c2ccccc2C1=O. The lowest BCUT2D eigenvalue weighted by atomic mass is 10.0. The summed E-state index contributed by atoms with van der Waals surface area (Å²) in [5.74, 6) is -1.64. The zero-order valence-corrected chi connectivity index (χ0v) is 20.3. The van der Waals surface area contributed by atoms with Crippen molar-refractivity contribution < 1.29 is 22.8 Å². The second-order valence-electron chi connectivity index (χ2n) is 8.86. The minimum atomic E-state index is -3.67. The van der Waals surface area contributed by atoms with Crippen molar-refractivity contribution in [1.82, 2.24) is 9.21 Å². The Morgan fingerprint density at radius 1 is 0.833 bits per heavy atom. The van der Waals surface area contributed by atoms with Gasteiger partial charge < -0.3 is 5.32 Å². The molecule has 5 rings (SSSR count). The largest absolute Gasteiger partial charge is 0.324 e. The van der Waals surface area contributed by atoms with Gasteiger partial charge in [0.1, 0.15) is 6.04 Å². The molecule has 0 spiro atoms.